The molecule has 1 aliphatic rings. The van der Waals surface area contributed by atoms with Crippen molar-refractivity contribution in [1.29, 1.82) is 0 Å². The van der Waals surface area contributed by atoms with Crippen LogP contribution < -0.4 is 4.90 Å². The molecule has 0 saturated carbocycles. The fraction of sp³-hybridized carbons (Fsp3) is 0.364. The van der Waals surface area contributed by atoms with Crippen LogP contribution in [0.1, 0.15) is 35.8 Å². The van der Waals surface area contributed by atoms with Crippen LogP contribution in [0.5, 0.6) is 0 Å². The minimum absolute atomic E-state index is 0.0284. The van der Waals surface area contributed by atoms with E-state index in [0.717, 1.165) is 11.3 Å². The van der Waals surface area contributed by atoms with Crippen LogP contribution >= 0.6 is 0 Å². The molecule has 3 aromatic rings. The highest BCUT2D eigenvalue weighted by Gasteiger charge is 2.25. The lowest BCUT2D eigenvalue weighted by Gasteiger charge is -2.34. The van der Waals surface area contributed by atoms with E-state index in [2.05, 4.69) is 58.1 Å². The summed E-state index contributed by atoms with van der Waals surface area (Å²) in [5, 5.41) is 4.48. The Bertz CT molecular complexity index is 972. The third-order valence-corrected chi connectivity index (χ3v) is 5.37. The maximum absolute atomic E-state index is 13.0. The molecule has 0 radical (unpaired) electrons. The van der Waals surface area contributed by atoms with E-state index in [4.69, 9.17) is 0 Å². The van der Waals surface area contributed by atoms with Gasteiger partial charge in [-0.05, 0) is 29.2 Å². The standard InChI is InChI=1S/C22H26N6O/c1-16(2)17-5-7-18(8-6-17)20-15-19(25-26(20)3)21(29)27-11-13-28(14-12-27)22-23-9-4-10-24-22/h4-10,15-16H,11-14H2,1-3H3. The number of rotatable bonds is 4. The summed E-state index contributed by atoms with van der Waals surface area (Å²) in [6.45, 7) is 7.05. The molecule has 7 heteroatoms. The van der Waals surface area contributed by atoms with Crippen molar-refractivity contribution in [3.63, 3.8) is 0 Å². The molecule has 0 atom stereocenters. The molecule has 29 heavy (non-hydrogen) atoms. The smallest absolute Gasteiger partial charge is 0.274 e. The molecule has 1 fully saturated rings. The minimum atomic E-state index is -0.0284. The van der Waals surface area contributed by atoms with Gasteiger partial charge in [0.15, 0.2) is 5.69 Å². The van der Waals surface area contributed by atoms with Crippen LogP contribution in [0.4, 0.5) is 5.95 Å². The number of aromatic nitrogens is 4. The van der Waals surface area contributed by atoms with Crippen molar-refractivity contribution in [1.82, 2.24) is 24.6 Å². The number of piperazine rings is 1. The van der Waals surface area contributed by atoms with E-state index in [0.29, 0.717) is 43.7 Å². The van der Waals surface area contributed by atoms with Crippen LogP contribution in [0.15, 0.2) is 48.8 Å². The van der Waals surface area contributed by atoms with Gasteiger partial charge in [0.05, 0.1) is 5.69 Å². The van der Waals surface area contributed by atoms with Crippen LogP contribution in [0.25, 0.3) is 11.3 Å². The lowest BCUT2D eigenvalue weighted by atomic mass is 10.0. The Hall–Kier alpha value is -3.22. The Morgan fingerprint density at radius 3 is 2.28 bits per heavy atom. The Kier molecular flexibility index (Phi) is 5.29. The molecule has 3 heterocycles. The zero-order valence-corrected chi connectivity index (χ0v) is 17.1. The average Bonchev–Trinajstić information content (AvgIpc) is 3.15. The van der Waals surface area contributed by atoms with Gasteiger partial charge in [0, 0.05) is 45.6 Å². The molecule has 150 valence electrons. The first-order chi connectivity index (χ1) is 14.0. The normalized spacial score (nSPS) is 14.5. The summed E-state index contributed by atoms with van der Waals surface area (Å²) in [5.74, 6) is 1.18. The van der Waals surface area contributed by atoms with Gasteiger partial charge in [-0.2, -0.15) is 5.10 Å². The largest absolute Gasteiger partial charge is 0.337 e. The number of carbonyl (C=O) groups is 1. The average molecular weight is 390 g/mol. The fourth-order valence-electron chi connectivity index (χ4n) is 3.61. The second-order valence-electron chi connectivity index (χ2n) is 7.64. The monoisotopic (exact) mass is 390 g/mol. The van der Waals surface area contributed by atoms with E-state index >= 15 is 0 Å². The van der Waals surface area contributed by atoms with Gasteiger partial charge in [0.25, 0.3) is 5.91 Å². The zero-order chi connectivity index (χ0) is 20.4. The van der Waals surface area contributed by atoms with Gasteiger partial charge in [-0.15, -0.1) is 0 Å². The first kappa shape index (κ1) is 19.1. The molecule has 1 amide bonds. The van der Waals surface area contributed by atoms with E-state index in [1.165, 1.54) is 5.56 Å². The van der Waals surface area contributed by atoms with Gasteiger partial charge in [-0.3, -0.25) is 9.48 Å². The predicted octanol–water partition coefficient (Wildman–Crippen LogP) is 2.96. The topological polar surface area (TPSA) is 67.2 Å². The van der Waals surface area contributed by atoms with Crippen molar-refractivity contribution < 1.29 is 4.79 Å². The van der Waals surface area contributed by atoms with Crippen molar-refractivity contribution in [2.75, 3.05) is 31.1 Å². The van der Waals surface area contributed by atoms with Crippen LogP contribution in [-0.2, 0) is 7.05 Å². The predicted molar refractivity (Wildman–Crippen MR) is 113 cm³/mol. The minimum Gasteiger partial charge on any atom is -0.337 e. The first-order valence-corrected chi connectivity index (χ1v) is 9.98. The zero-order valence-electron chi connectivity index (χ0n) is 17.1. The van der Waals surface area contributed by atoms with Crippen molar-refractivity contribution >= 4 is 11.9 Å². The van der Waals surface area contributed by atoms with E-state index in [1.807, 2.05) is 18.0 Å². The first-order valence-electron chi connectivity index (χ1n) is 9.98. The number of aryl methyl sites for hydroxylation is 1. The molecule has 4 rings (SSSR count). The lowest BCUT2D eigenvalue weighted by Crippen LogP contribution is -2.49. The van der Waals surface area contributed by atoms with Gasteiger partial charge < -0.3 is 9.80 Å². The lowest BCUT2D eigenvalue weighted by molar-refractivity contribution is 0.0739. The third-order valence-electron chi connectivity index (χ3n) is 5.37. The van der Waals surface area contributed by atoms with Crippen LogP contribution in [-0.4, -0.2) is 56.7 Å². The van der Waals surface area contributed by atoms with E-state index in [1.54, 1.807) is 23.1 Å². The van der Waals surface area contributed by atoms with Crippen molar-refractivity contribution in [2.24, 2.45) is 7.05 Å². The van der Waals surface area contributed by atoms with Gasteiger partial charge in [0.1, 0.15) is 0 Å². The maximum atomic E-state index is 13.0. The SMILES string of the molecule is CC(C)c1ccc(-c2cc(C(=O)N3CCN(c4ncccn4)CC3)nn2C)cc1. The van der Waals surface area contributed by atoms with Gasteiger partial charge in [-0.1, -0.05) is 38.1 Å². The molecule has 1 aliphatic heterocycles. The van der Waals surface area contributed by atoms with Crippen molar-refractivity contribution in [3.05, 3.63) is 60.0 Å². The number of carbonyl (C=O) groups excluding carboxylic acids is 1. The summed E-state index contributed by atoms with van der Waals surface area (Å²) < 4.78 is 1.78. The highest BCUT2D eigenvalue weighted by Crippen LogP contribution is 2.24. The van der Waals surface area contributed by atoms with E-state index in [9.17, 15) is 4.79 Å². The van der Waals surface area contributed by atoms with E-state index in [-0.39, 0.29) is 5.91 Å². The fourth-order valence-corrected chi connectivity index (χ4v) is 3.61. The Balaban J connectivity index is 1.45. The molecule has 1 saturated heterocycles. The summed E-state index contributed by atoms with van der Waals surface area (Å²) in [6.07, 6.45) is 3.48. The summed E-state index contributed by atoms with van der Waals surface area (Å²) in [5.41, 5.74) is 3.79. The maximum Gasteiger partial charge on any atom is 0.274 e. The Morgan fingerprint density at radius 2 is 1.66 bits per heavy atom. The van der Waals surface area contributed by atoms with Crippen molar-refractivity contribution in [3.8, 4) is 11.3 Å². The highest BCUT2D eigenvalue weighted by molar-refractivity contribution is 5.93. The number of nitrogens with zero attached hydrogens (tertiary/aromatic N) is 6. The second kappa shape index (κ2) is 8.03. The molecular weight excluding hydrogens is 364 g/mol. The summed E-state index contributed by atoms with van der Waals surface area (Å²) in [4.78, 5) is 25.5. The molecule has 0 unspecified atom stereocenters. The molecule has 0 N–H and O–H groups in total. The molecule has 0 aliphatic carbocycles. The van der Waals surface area contributed by atoms with Crippen molar-refractivity contribution in [2.45, 2.75) is 19.8 Å². The molecule has 2 aromatic heterocycles. The van der Waals surface area contributed by atoms with Crippen LogP contribution in [0.3, 0.4) is 0 Å². The molecule has 0 bridgehead atoms. The number of anilines is 1. The number of benzene rings is 1. The Labute approximate surface area is 171 Å². The molecule has 0 spiro atoms. The quantitative estimate of drug-likeness (QED) is 0.685. The van der Waals surface area contributed by atoms with Gasteiger partial charge in [-0.25, -0.2) is 9.97 Å². The Morgan fingerprint density at radius 1 is 1.00 bits per heavy atom. The van der Waals surface area contributed by atoms with E-state index < -0.39 is 0 Å². The second-order valence-corrected chi connectivity index (χ2v) is 7.64. The van der Waals surface area contributed by atoms with Crippen LogP contribution in [0, 0.1) is 0 Å². The third kappa shape index (κ3) is 3.99. The highest BCUT2D eigenvalue weighted by atomic mass is 16.2. The van der Waals surface area contributed by atoms with Gasteiger partial charge >= 0.3 is 0 Å². The number of amides is 1. The summed E-state index contributed by atoms with van der Waals surface area (Å²) >= 11 is 0. The molecule has 7 nitrogen and oxygen atoms in total. The molecule has 1 aromatic carbocycles. The van der Waals surface area contributed by atoms with Crippen LogP contribution in [0.2, 0.25) is 0 Å². The number of hydrogen-bond donors (Lipinski definition) is 0. The van der Waals surface area contributed by atoms with Gasteiger partial charge in [0.2, 0.25) is 5.95 Å². The summed E-state index contributed by atoms with van der Waals surface area (Å²) in [7, 11) is 1.88. The summed E-state index contributed by atoms with van der Waals surface area (Å²) in [6, 6.07) is 12.2. The molecular formula is C22H26N6O. The number of hydrogen-bond acceptors (Lipinski definition) is 5.